The molecule has 2 heterocycles. The number of nitrogens with one attached hydrogen (secondary N) is 1. The third-order valence-corrected chi connectivity index (χ3v) is 8.90. The second-order valence-electron chi connectivity index (χ2n) is 11.1. The Bertz CT molecular complexity index is 1590. The molecule has 3 aromatic carbocycles. The minimum absolute atomic E-state index is 0.00729. The zero-order chi connectivity index (χ0) is 32.2. The SMILES string of the molecule is Cc1ccc(S(=O)(=O)O)cc1.N[C@H](Cc1cc(F)c(F)cc1F)C1C[C@H]2CC[C@@H](C1)N2C(=O)CNC(=O)c1ccc(F)cc1. The molecule has 0 spiro atoms. The summed E-state index contributed by atoms with van der Waals surface area (Å²) in [6, 6.07) is 11.9. The van der Waals surface area contributed by atoms with Crippen LogP contribution in [0.15, 0.2) is 65.6 Å². The van der Waals surface area contributed by atoms with Gasteiger partial charge >= 0.3 is 0 Å². The van der Waals surface area contributed by atoms with Gasteiger partial charge in [-0.25, -0.2) is 17.6 Å². The first-order valence-corrected chi connectivity index (χ1v) is 15.4. The quantitative estimate of drug-likeness (QED) is 0.199. The number of amides is 2. The standard InChI is InChI=1S/C24H25F4N3O2.C7H8O3S/c25-16-3-1-13(2-4-16)24(33)30-12-23(32)31-17-5-6-18(31)8-15(7-17)22(29)10-14-9-20(27)21(28)11-19(14)26;1-6-2-4-7(5-3-6)11(8,9)10/h1-4,9,11,15,17-18,22H,5-8,10,12,29H2,(H,30,33);2-5H,1H3,(H,8,9,10)/t15?,17-,18+,22-;/m1./s1. The number of nitrogens with two attached hydrogens (primary N) is 1. The van der Waals surface area contributed by atoms with Gasteiger partial charge in [0.2, 0.25) is 5.91 Å². The van der Waals surface area contributed by atoms with Crippen molar-refractivity contribution in [2.45, 2.75) is 62.0 Å². The summed E-state index contributed by atoms with van der Waals surface area (Å²) >= 11 is 0. The minimum atomic E-state index is -4.02. The van der Waals surface area contributed by atoms with E-state index in [9.17, 15) is 35.6 Å². The Hall–Kier alpha value is -3.81. The predicted molar refractivity (Wildman–Crippen MR) is 154 cm³/mol. The van der Waals surface area contributed by atoms with Crippen molar-refractivity contribution in [3.05, 3.63) is 101 Å². The van der Waals surface area contributed by atoms with Gasteiger partial charge in [0.05, 0.1) is 11.4 Å². The second kappa shape index (κ2) is 13.9. The van der Waals surface area contributed by atoms with Crippen LogP contribution in [0, 0.1) is 36.1 Å². The highest BCUT2D eigenvalue weighted by Crippen LogP contribution is 2.40. The van der Waals surface area contributed by atoms with E-state index in [0.29, 0.717) is 18.9 Å². The van der Waals surface area contributed by atoms with Crippen molar-refractivity contribution in [2.75, 3.05) is 6.54 Å². The summed E-state index contributed by atoms with van der Waals surface area (Å²) in [7, 11) is -4.02. The van der Waals surface area contributed by atoms with Crippen LogP contribution in [0.25, 0.3) is 0 Å². The van der Waals surface area contributed by atoms with Gasteiger partial charge < -0.3 is 16.0 Å². The highest BCUT2D eigenvalue weighted by atomic mass is 32.2. The van der Waals surface area contributed by atoms with Gasteiger partial charge in [0.15, 0.2) is 11.6 Å². The normalized spacial score (nSPS) is 20.0. The number of nitrogens with zero attached hydrogens (tertiary/aromatic N) is 1. The van der Waals surface area contributed by atoms with Crippen molar-refractivity contribution >= 4 is 21.9 Å². The van der Waals surface area contributed by atoms with E-state index in [1.165, 1.54) is 36.4 Å². The zero-order valence-corrected chi connectivity index (χ0v) is 24.7. The number of benzene rings is 3. The van der Waals surface area contributed by atoms with Crippen molar-refractivity contribution in [3.63, 3.8) is 0 Å². The third kappa shape index (κ3) is 8.21. The van der Waals surface area contributed by atoms with E-state index in [4.69, 9.17) is 10.3 Å². The summed E-state index contributed by atoms with van der Waals surface area (Å²) in [6.45, 7) is 1.67. The number of rotatable bonds is 7. The molecule has 44 heavy (non-hydrogen) atoms. The van der Waals surface area contributed by atoms with Crippen LogP contribution in [-0.2, 0) is 21.3 Å². The first-order valence-electron chi connectivity index (χ1n) is 14.0. The monoisotopic (exact) mass is 635 g/mol. The van der Waals surface area contributed by atoms with Crippen LogP contribution in [0.3, 0.4) is 0 Å². The molecule has 1 unspecified atom stereocenters. The van der Waals surface area contributed by atoms with Gasteiger partial charge in [-0.05, 0) is 93.0 Å². The predicted octanol–water partition coefficient (Wildman–Crippen LogP) is 4.55. The van der Waals surface area contributed by atoms with E-state index < -0.39 is 45.3 Å². The van der Waals surface area contributed by atoms with E-state index in [-0.39, 0.29) is 52.9 Å². The molecule has 4 N–H and O–H groups in total. The zero-order valence-electron chi connectivity index (χ0n) is 23.9. The molecule has 2 fully saturated rings. The number of piperidine rings is 1. The summed E-state index contributed by atoms with van der Waals surface area (Å²) in [5.41, 5.74) is 7.57. The van der Waals surface area contributed by atoms with Gasteiger partial charge in [-0.1, -0.05) is 17.7 Å². The maximum absolute atomic E-state index is 14.0. The lowest BCUT2D eigenvalue weighted by atomic mass is 9.82. The summed E-state index contributed by atoms with van der Waals surface area (Å²) in [4.78, 5) is 26.8. The summed E-state index contributed by atoms with van der Waals surface area (Å²) < 4.78 is 83.3. The molecular weight excluding hydrogens is 602 g/mol. The molecule has 4 atom stereocenters. The van der Waals surface area contributed by atoms with Crippen LogP contribution >= 0.6 is 0 Å². The summed E-state index contributed by atoms with van der Waals surface area (Å²) in [5.74, 6) is -4.27. The molecule has 13 heteroatoms. The lowest BCUT2D eigenvalue weighted by Gasteiger charge is -2.41. The fourth-order valence-corrected chi connectivity index (χ4v) is 6.26. The van der Waals surface area contributed by atoms with Gasteiger partial charge in [-0.15, -0.1) is 0 Å². The molecule has 2 aliphatic rings. The maximum atomic E-state index is 14.0. The van der Waals surface area contributed by atoms with Gasteiger partial charge in [0, 0.05) is 29.8 Å². The Morgan fingerprint density at radius 2 is 1.50 bits per heavy atom. The number of hydrogen-bond donors (Lipinski definition) is 3. The molecule has 2 amide bonds. The molecule has 8 nitrogen and oxygen atoms in total. The van der Waals surface area contributed by atoms with Gasteiger partial charge in [-0.3, -0.25) is 14.1 Å². The van der Waals surface area contributed by atoms with Crippen molar-refractivity contribution in [1.29, 1.82) is 0 Å². The first-order chi connectivity index (χ1) is 20.7. The van der Waals surface area contributed by atoms with Crippen LogP contribution < -0.4 is 11.1 Å². The topological polar surface area (TPSA) is 130 Å². The van der Waals surface area contributed by atoms with Crippen molar-refractivity contribution in [3.8, 4) is 0 Å². The Kier molecular flexibility index (Phi) is 10.4. The molecular formula is C31H33F4N3O5S. The molecule has 236 valence electrons. The minimum Gasteiger partial charge on any atom is -0.343 e. The van der Waals surface area contributed by atoms with Crippen molar-refractivity contribution in [2.24, 2.45) is 11.7 Å². The van der Waals surface area contributed by atoms with Crippen molar-refractivity contribution in [1.82, 2.24) is 10.2 Å². The van der Waals surface area contributed by atoms with Crippen molar-refractivity contribution < 1.29 is 40.1 Å². The number of carbonyl (C=O) groups excluding carboxylic acids is 2. The molecule has 0 aliphatic carbocycles. The van der Waals surface area contributed by atoms with Gasteiger partial charge in [0.25, 0.3) is 16.0 Å². The largest absolute Gasteiger partial charge is 0.343 e. The third-order valence-electron chi connectivity index (χ3n) is 8.03. The van der Waals surface area contributed by atoms with Gasteiger partial charge in [-0.2, -0.15) is 8.42 Å². The number of halogens is 4. The highest BCUT2D eigenvalue weighted by molar-refractivity contribution is 7.85. The van der Waals surface area contributed by atoms with Crippen LogP contribution in [0.4, 0.5) is 17.6 Å². The number of hydrogen-bond acceptors (Lipinski definition) is 5. The average molecular weight is 636 g/mol. The molecule has 3 aromatic rings. The smallest absolute Gasteiger partial charge is 0.294 e. The molecule has 2 aliphatic heterocycles. The fourth-order valence-electron chi connectivity index (χ4n) is 5.78. The van der Waals surface area contributed by atoms with E-state index in [0.717, 1.165) is 24.5 Å². The number of fused-ring (bicyclic) bond motifs is 2. The number of carbonyl (C=O) groups is 2. The molecule has 0 aromatic heterocycles. The number of aryl methyl sites for hydroxylation is 1. The van der Waals surface area contributed by atoms with E-state index in [1.807, 2.05) is 6.92 Å². The van der Waals surface area contributed by atoms with Gasteiger partial charge in [0.1, 0.15) is 11.6 Å². The molecule has 2 bridgehead atoms. The van der Waals surface area contributed by atoms with E-state index >= 15 is 0 Å². The average Bonchev–Trinajstić information content (AvgIpc) is 3.23. The molecule has 5 rings (SSSR count). The second-order valence-corrected chi connectivity index (χ2v) is 12.5. The molecule has 0 radical (unpaired) electrons. The van der Waals surface area contributed by atoms with Crippen LogP contribution in [0.5, 0.6) is 0 Å². The van der Waals surface area contributed by atoms with Crippen LogP contribution in [-0.4, -0.2) is 54.4 Å². The summed E-state index contributed by atoms with van der Waals surface area (Å²) in [6.07, 6.45) is 2.95. The Labute approximate surface area is 253 Å². The lowest BCUT2D eigenvalue weighted by Crippen LogP contribution is -2.52. The fraction of sp³-hybridized carbons (Fsp3) is 0.355. The Balaban J connectivity index is 0.000000339. The first kappa shape index (κ1) is 33.1. The van der Waals surface area contributed by atoms with Crippen LogP contribution in [0.2, 0.25) is 0 Å². The molecule has 2 saturated heterocycles. The lowest BCUT2D eigenvalue weighted by molar-refractivity contribution is -0.135. The molecule has 0 saturated carbocycles. The van der Waals surface area contributed by atoms with E-state index in [1.54, 1.807) is 17.0 Å². The highest BCUT2D eigenvalue weighted by Gasteiger charge is 2.44. The maximum Gasteiger partial charge on any atom is 0.294 e. The Morgan fingerprint density at radius 3 is 2.07 bits per heavy atom. The van der Waals surface area contributed by atoms with E-state index in [2.05, 4.69) is 5.32 Å². The summed E-state index contributed by atoms with van der Waals surface area (Å²) in [5, 5.41) is 2.58. The Morgan fingerprint density at radius 1 is 0.932 bits per heavy atom. The van der Waals surface area contributed by atoms with Crippen LogP contribution in [0.1, 0.15) is 47.2 Å².